The molecule has 14 heavy (non-hydrogen) atoms. The summed E-state index contributed by atoms with van der Waals surface area (Å²) in [6, 6.07) is 6.34. The Labute approximate surface area is 85.1 Å². The average Bonchev–Trinajstić information content (AvgIpc) is 2.45. The molecule has 74 valence electrons. The van der Waals surface area contributed by atoms with E-state index in [1.165, 1.54) is 11.1 Å². The SMILES string of the molecule is C=CCC1(O)CCc2ccc(C)cc21. The van der Waals surface area contributed by atoms with Crippen LogP contribution in [0.3, 0.4) is 0 Å². The van der Waals surface area contributed by atoms with Crippen LogP contribution in [-0.2, 0) is 12.0 Å². The van der Waals surface area contributed by atoms with Gasteiger partial charge in [-0.3, -0.25) is 0 Å². The quantitative estimate of drug-likeness (QED) is 0.707. The predicted molar refractivity (Wildman–Crippen MR) is 58.2 cm³/mol. The molecule has 2 rings (SSSR count). The van der Waals surface area contributed by atoms with Crippen molar-refractivity contribution < 1.29 is 5.11 Å². The summed E-state index contributed by atoms with van der Waals surface area (Å²) in [5.41, 5.74) is 2.97. The molecule has 0 bridgehead atoms. The van der Waals surface area contributed by atoms with Crippen LogP contribution in [0.5, 0.6) is 0 Å². The number of aliphatic hydroxyl groups is 1. The zero-order valence-electron chi connectivity index (χ0n) is 8.59. The first-order chi connectivity index (χ1) is 6.65. The summed E-state index contributed by atoms with van der Waals surface area (Å²) < 4.78 is 0. The lowest BCUT2D eigenvalue weighted by Crippen LogP contribution is -2.21. The van der Waals surface area contributed by atoms with Gasteiger partial charge in [0, 0.05) is 0 Å². The molecule has 1 unspecified atom stereocenters. The van der Waals surface area contributed by atoms with Gasteiger partial charge in [0.05, 0.1) is 5.60 Å². The van der Waals surface area contributed by atoms with E-state index in [2.05, 4.69) is 31.7 Å². The van der Waals surface area contributed by atoms with Crippen LogP contribution in [0.15, 0.2) is 30.9 Å². The van der Waals surface area contributed by atoms with E-state index in [4.69, 9.17) is 0 Å². The van der Waals surface area contributed by atoms with Crippen LogP contribution < -0.4 is 0 Å². The highest BCUT2D eigenvalue weighted by Gasteiger charge is 2.35. The highest BCUT2D eigenvalue weighted by Crippen LogP contribution is 2.39. The Morgan fingerprint density at radius 1 is 1.57 bits per heavy atom. The van der Waals surface area contributed by atoms with Gasteiger partial charge in [0.2, 0.25) is 0 Å². The summed E-state index contributed by atoms with van der Waals surface area (Å²) in [6.45, 7) is 5.77. The Morgan fingerprint density at radius 2 is 2.36 bits per heavy atom. The molecule has 1 atom stereocenters. The first-order valence-electron chi connectivity index (χ1n) is 5.09. The van der Waals surface area contributed by atoms with E-state index in [1.807, 2.05) is 0 Å². The van der Waals surface area contributed by atoms with Gasteiger partial charge in [-0.1, -0.05) is 29.8 Å². The third-order valence-electron chi connectivity index (χ3n) is 3.06. The summed E-state index contributed by atoms with van der Waals surface area (Å²) in [4.78, 5) is 0. The molecule has 0 fully saturated rings. The van der Waals surface area contributed by atoms with Gasteiger partial charge >= 0.3 is 0 Å². The topological polar surface area (TPSA) is 20.2 Å². The minimum atomic E-state index is -0.650. The normalized spacial score (nSPS) is 24.7. The molecule has 0 saturated heterocycles. The highest BCUT2D eigenvalue weighted by atomic mass is 16.3. The molecule has 1 aliphatic rings. The molecule has 0 aliphatic heterocycles. The predicted octanol–water partition coefficient (Wildman–Crippen LogP) is 2.70. The number of benzene rings is 1. The van der Waals surface area contributed by atoms with Crippen LogP contribution in [0.2, 0.25) is 0 Å². The van der Waals surface area contributed by atoms with Crippen molar-refractivity contribution in [1.82, 2.24) is 0 Å². The van der Waals surface area contributed by atoms with Crippen molar-refractivity contribution in [2.75, 3.05) is 0 Å². The second-order valence-electron chi connectivity index (χ2n) is 4.18. The number of hydrogen-bond donors (Lipinski definition) is 1. The van der Waals surface area contributed by atoms with Crippen molar-refractivity contribution in [3.63, 3.8) is 0 Å². The van der Waals surface area contributed by atoms with Gasteiger partial charge in [0.1, 0.15) is 0 Å². The molecule has 1 aliphatic carbocycles. The van der Waals surface area contributed by atoms with E-state index in [0.717, 1.165) is 18.4 Å². The van der Waals surface area contributed by atoms with Crippen molar-refractivity contribution in [1.29, 1.82) is 0 Å². The van der Waals surface area contributed by atoms with Crippen LogP contribution in [0, 0.1) is 6.92 Å². The highest BCUT2D eigenvalue weighted by molar-refractivity contribution is 5.40. The number of rotatable bonds is 2. The molecule has 0 amide bonds. The van der Waals surface area contributed by atoms with Crippen molar-refractivity contribution in [3.8, 4) is 0 Å². The molecule has 0 radical (unpaired) electrons. The Hall–Kier alpha value is -1.08. The average molecular weight is 188 g/mol. The lowest BCUT2D eigenvalue weighted by Gasteiger charge is -2.22. The van der Waals surface area contributed by atoms with Gasteiger partial charge in [0.25, 0.3) is 0 Å². The molecule has 0 saturated carbocycles. The molecule has 1 heteroatoms. The molecular formula is C13H16O. The number of hydrogen-bond acceptors (Lipinski definition) is 1. The maximum atomic E-state index is 10.4. The van der Waals surface area contributed by atoms with Crippen LogP contribution in [0.25, 0.3) is 0 Å². The molecule has 1 nitrogen and oxygen atoms in total. The van der Waals surface area contributed by atoms with Crippen molar-refractivity contribution in [3.05, 3.63) is 47.5 Å². The Balaban J connectivity index is 2.46. The lowest BCUT2D eigenvalue weighted by atomic mass is 9.91. The molecule has 1 N–H and O–H groups in total. The summed E-state index contributed by atoms with van der Waals surface area (Å²) in [6.07, 6.45) is 4.28. The molecular weight excluding hydrogens is 172 g/mol. The first kappa shape index (κ1) is 9.47. The second kappa shape index (κ2) is 3.25. The van der Waals surface area contributed by atoms with Gasteiger partial charge in [0.15, 0.2) is 0 Å². The largest absolute Gasteiger partial charge is 0.385 e. The van der Waals surface area contributed by atoms with Gasteiger partial charge in [-0.05, 0) is 37.3 Å². The zero-order valence-corrected chi connectivity index (χ0v) is 8.59. The monoisotopic (exact) mass is 188 g/mol. The molecule has 0 spiro atoms. The number of fused-ring (bicyclic) bond motifs is 1. The minimum absolute atomic E-state index is 0.650. The van der Waals surface area contributed by atoms with Gasteiger partial charge < -0.3 is 5.11 Å². The van der Waals surface area contributed by atoms with Crippen LogP contribution in [0.4, 0.5) is 0 Å². The van der Waals surface area contributed by atoms with Crippen LogP contribution >= 0.6 is 0 Å². The van der Waals surface area contributed by atoms with E-state index in [-0.39, 0.29) is 0 Å². The third kappa shape index (κ3) is 1.38. The Kier molecular flexibility index (Phi) is 2.20. The Morgan fingerprint density at radius 3 is 3.07 bits per heavy atom. The lowest BCUT2D eigenvalue weighted by molar-refractivity contribution is 0.0418. The van der Waals surface area contributed by atoms with Gasteiger partial charge in [-0.15, -0.1) is 6.58 Å². The summed E-state index contributed by atoms with van der Waals surface area (Å²) in [5, 5.41) is 10.4. The fourth-order valence-corrected chi connectivity index (χ4v) is 2.27. The zero-order chi connectivity index (χ0) is 10.2. The van der Waals surface area contributed by atoms with E-state index >= 15 is 0 Å². The van der Waals surface area contributed by atoms with Gasteiger partial charge in [-0.25, -0.2) is 0 Å². The smallest absolute Gasteiger partial charge is 0.0936 e. The maximum absolute atomic E-state index is 10.4. The van der Waals surface area contributed by atoms with E-state index in [1.54, 1.807) is 6.08 Å². The van der Waals surface area contributed by atoms with Crippen molar-refractivity contribution in [2.24, 2.45) is 0 Å². The molecule has 0 heterocycles. The van der Waals surface area contributed by atoms with E-state index in [9.17, 15) is 5.11 Å². The molecule has 0 aromatic heterocycles. The Bertz CT molecular complexity index is 367. The minimum Gasteiger partial charge on any atom is -0.385 e. The third-order valence-corrected chi connectivity index (χ3v) is 3.06. The summed E-state index contributed by atoms with van der Waals surface area (Å²) in [7, 11) is 0. The molecule has 1 aromatic carbocycles. The maximum Gasteiger partial charge on any atom is 0.0936 e. The van der Waals surface area contributed by atoms with Gasteiger partial charge in [-0.2, -0.15) is 0 Å². The van der Waals surface area contributed by atoms with Crippen molar-refractivity contribution in [2.45, 2.75) is 31.8 Å². The first-order valence-corrected chi connectivity index (χ1v) is 5.09. The fraction of sp³-hybridized carbons (Fsp3) is 0.385. The van der Waals surface area contributed by atoms with E-state index < -0.39 is 5.60 Å². The summed E-state index contributed by atoms with van der Waals surface area (Å²) >= 11 is 0. The van der Waals surface area contributed by atoms with Crippen LogP contribution in [-0.4, -0.2) is 5.11 Å². The second-order valence-corrected chi connectivity index (χ2v) is 4.18. The van der Waals surface area contributed by atoms with Crippen LogP contribution in [0.1, 0.15) is 29.5 Å². The summed E-state index contributed by atoms with van der Waals surface area (Å²) in [5.74, 6) is 0. The fourth-order valence-electron chi connectivity index (χ4n) is 2.27. The standard InChI is InChI=1S/C13H16O/c1-3-7-13(14)8-6-11-5-4-10(2)9-12(11)13/h3-5,9,14H,1,6-8H2,2H3. The van der Waals surface area contributed by atoms with Crippen molar-refractivity contribution >= 4 is 0 Å². The van der Waals surface area contributed by atoms with E-state index in [0.29, 0.717) is 6.42 Å². The molecule has 1 aromatic rings. The number of aryl methyl sites for hydroxylation is 2.